The van der Waals surface area contributed by atoms with Crippen LogP contribution in [-0.2, 0) is 11.2 Å². The largest absolute Gasteiger partial charge is 0.378 e. The molecule has 9 nitrogen and oxygen atoms in total. The number of amides is 3. The lowest BCUT2D eigenvalue weighted by molar-refractivity contribution is -0.120. The first kappa shape index (κ1) is 20.9. The van der Waals surface area contributed by atoms with Crippen LogP contribution in [-0.4, -0.2) is 42.4 Å². The van der Waals surface area contributed by atoms with Gasteiger partial charge in [-0.3, -0.25) is 10.1 Å². The van der Waals surface area contributed by atoms with Gasteiger partial charge in [0.25, 0.3) is 0 Å². The molecule has 3 amide bonds. The Kier molecular flexibility index (Phi) is 7.06. The second-order valence-corrected chi connectivity index (χ2v) is 7.46. The second-order valence-electron chi connectivity index (χ2n) is 6.40. The monoisotopic (exact) mass is 423 g/mol. The van der Waals surface area contributed by atoms with Gasteiger partial charge in [0.05, 0.1) is 12.6 Å². The number of para-hydroxylation sites is 1. The minimum atomic E-state index is -0.432. The molecule has 30 heavy (non-hydrogen) atoms. The average Bonchev–Trinajstić information content (AvgIpc) is 3.15. The predicted molar refractivity (Wildman–Crippen MR) is 119 cm³/mol. The summed E-state index contributed by atoms with van der Waals surface area (Å²) in [6.07, 6.45) is 1.58. The Morgan fingerprint density at radius 3 is 2.47 bits per heavy atom. The van der Waals surface area contributed by atoms with E-state index in [1.165, 1.54) is 0 Å². The van der Waals surface area contributed by atoms with Crippen molar-refractivity contribution in [1.82, 2.24) is 15.6 Å². The van der Waals surface area contributed by atoms with E-state index in [-0.39, 0.29) is 12.3 Å². The summed E-state index contributed by atoms with van der Waals surface area (Å²) >= 11 is 1.12. The van der Waals surface area contributed by atoms with E-state index in [1.807, 2.05) is 61.5 Å². The third-order valence-corrected chi connectivity index (χ3v) is 4.68. The fourth-order valence-electron chi connectivity index (χ4n) is 2.37. The van der Waals surface area contributed by atoms with Crippen LogP contribution in [0.3, 0.4) is 0 Å². The average molecular weight is 424 g/mol. The molecule has 0 saturated carbocycles. The Morgan fingerprint density at radius 1 is 1.03 bits per heavy atom. The number of carbonyl (C=O) groups excluding carboxylic acids is 2. The molecular formula is C20H21N7O2S. The number of aromatic nitrogens is 2. The summed E-state index contributed by atoms with van der Waals surface area (Å²) in [5.41, 5.74) is 5.07. The lowest BCUT2D eigenvalue weighted by Crippen LogP contribution is -2.19. The first-order chi connectivity index (χ1) is 14.5. The highest BCUT2D eigenvalue weighted by molar-refractivity contribution is 7.15. The lowest BCUT2D eigenvalue weighted by atomic mass is 10.2. The maximum atomic E-state index is 12.0. The van der Waals surface area contributed by atoms with Gasteiger partial charge in [-0.05, 0) is 29.8 Å². The first-order valence-corrected chi connectivity index (χ1v) is 9.86. The Hall–Kier alpha value is -3.79. The van der Waals surface area contributed by atoms with Crippen LogP contribution in [0.4, 0.5) is 21.3 Å². The minimum Gasteiger partial charge on any atom is -0.378 e. The van der Waals surface area contributed by atoms with Crippen molar-refractivity contribution in [3.05, 3.63) is 65.2 Å². The van der Waals surface area contributed by atoms with Crippen LogP contribution in [0.15, 0.2) is 59.7 Å². The maximum Gasteiger partial charge on any atom is 0.325 e. The number of nitrogens with zero attached hydrogens (tertiary/aromatic N) is 4. The Balaban J connectivity index is 1.45. The molecule has 3 N–H and O–H groups in total. The molecule has 10 heteroatoms. The molecule has 1 heterocycles. The lowest BCUT2D eigenvalue weighted by Gasteiger charge is -2.11. The zero-order chi connectivity index (χ0) is 21.3. The zero-order valence-corrected chi connectivity index (χ0v) is 17.3. The molecule has 0 aliphatic heterocycles. The summed E-state index contributed by atoms with van der Waals surface area (Å²) in [5.74, 6) is -0.326. The number of benzene rings is 2. The van der Waals surface area contributed by atoms with E-state index in [0.29, 0.717) is 15.8 Å². The van der Waals surface area contributed by atoms with Crippen molar-refractivity contribution in [2.75, 3.05) is 29.6 Å². The summed E-state index contributed by atoms with van der Waals surface area (Å²) in [6, 6.07) is 16.4. The zero-order valence-electron chi connectivity index (χ0n) is 16.5. The van der Waals surface area contributed by atoms with Gasteiger partial charge < -0.3 is 10.2 Å². The summed E-state index contributed by atoms with van der Waals surface area (Å²) in [6.45, 7) is 0. The standard InChI is InChI=1S/C20H21N7O2S/c1-27(2)16-10-8-14(9-11-16)13-21-24-17(28)12-18-25-26-20(30-18)23-19(29)22-15-6-4-3-5-7-15/h3-11,13H,12H2,1-2H3,(H,24,28)(H2,22,23,26,29). The molecule has 0 aliphatic carbocycles. The van der Waals surface area contributed by atoms with Gasteiger partial charge in [-0.2, -0.15) is 5.10 Å². The number of urea groups is 1. The van der Waals surface area contributed by atoms with Crippen LogP contribution in [0.1, 0.15) is 10.6 Å². The van der Waals surface area contributed by atoms with E-state index in [1.54, 1.807) is 18.3 Å². The molecule has 0 unspecified atom stereocenters. The molecule has 3 rings (SSSR count). The normalized spacial score (nSPS) is 10.6. The van der Waals surface area contributed by atoms with Gasteiger partial charge in [0, 0.05) is 25.5 Å². The second kappa shape index (κ2) is 10.1. The van der Waals surface area contributed by atoms with Crippen LogP contribution in [0.5, 0.6) is 0 Å². The molecule has 0 atom stereocenters. The van der Waals surface area contributed by atoms with Gasteiger partial charge in [0.2, 0.25) is 11.0 Å². The molecule has 0 bridgehead atoms. The van der Waals surface area contributed by atoms with Crippen LogP contribution in [0.2, 0.25) is 0 Å². The Bertz CT molecular complexity index is 1020. The van der Waals surface area contributed by atoms with Gasteiger partial charge in [0.15, 0.2) is 0 Å². The SMILES string of the molecule is CN(C)c1ccc(C=NNC(=O)Cc2nnc(NC(=O)Nc3ccccc3)s2)cc1. The van der Waals surface area contributed by atoms with Crippen molar-refractivity contribution >= 4 is 46.0 Å². The molecule has 2 aromatic carbocycles. The van der Waals surface area contributed by atoms with E-state index in [2.05, 4.69) is 31.4 Å². The quantitative estimate of drug-likeness (QED) is 0.400. The molecule has 0 aliphatic rings. The number of carbonyl (C=O) groups is 2. The highest BCUT2D eigenvalue weighted by Crippen LogP contribution is 2.16. The van der Waals surface area contributed by atoms with Gasteiger partial charge in [-0.15, -0.1) is 10.2 Å². The van der Waals surface area contributed by atoms with E-state index < -0.39 is 6.03 Å². The van der Waals surface area contributed by atoms with E-state index in [0.717, 1.165) is 22.6 Å². The third kappa shape index (κ3) is 6.38. The van der Waals surface area contributed by atoms with Crippen LogP contribution in [0, 0.1) is 0 Å². The van der Waals surface area contributed by atoms with Crippen molar-refractivity contribution < 1.29 is 9.59 Å². The summed E-state index contributed by atoms with van der Waals surface area (Å²) < 4.78 is 0. The first-order valence-electron chi connectivity index (χ1n) is 9.04. The minimum absolute atomic E-state index is 0.0105. The van der Waals surface area contributed by atoms with E-state index in [9.17, 15) is 9.59 Å². The third-order valence-electron chi connectivity index (χ3n) is 3.84. The molecule has 0 fully saturated rings. The summed E-state index contributed by atoms with van der Waals surface area (Å²) in [5, 5.41) is 17.8. The number of nitrogens with one attached hydrogen (secondary N) is 3. The summed E-state index contributed by atoms with van der Waals surface area (Å²) in [7, 11) is 3.93. The topological polar surface area (TPSA) is 112 Å². The van der Waals surface area contributed by atoms with Crippen LogP contribution >= 0.6 is 11.3 Å². The molecule has 154 valence electrons. The number of hydrogen-bond acceptors (Lipinski definition) is 7. The van der Waals surface area contributed by atoms with Crippen molar-refractivity contribution in [3.8, 4) is 0 Å². The Morgan fingerprint density at radius 2 is 1.77 bits per heavy atom. The van der Waals surface area contributed by atoms with Crippen molar-refractivity contribution in [3.63, 3.8) is 0 Å². The van der Waals surface area contributed by atoms with Gasteiger partial charge in [0.1, 0.15) is 5.01 Å². The van der Waals surface area contributed by atoms with Gasteiger partial charge in [-0.1, -0.05) is 41.7 Å². The van der Waals surface area contributed by atoms with Crippen LogP contribution in [0.25, 0.3) is 0 Å². The fraction of sp³-hybridized carbons (Fsp3) is 0.150. The Labute approximate surface area is 177 Å². The van der Waals surface area contributed by atoms with Crippen molar-refractivity contribution in [1.29, 1.82) is 0 Å². The molecule has 0 radical (unpaired) electrons. The highest BCUT2D eigenvalue weighted by atomic mass is 32.1. The number of rotatable bonds is 7. The van der Waals surface area contributed by atoms with E-state index >= 15 is 0 Å². The fourth-order valence-corrected chi connectivity index (χ4v) is 3.10. The van der Waals surface area contributed by atoms with Gasteiger partial charge in [-0.25, -0.2) is 10.2 Å². The predicted octanol–water partition coefficient (Wildman–Crippen LogP) is 2.94. The molecular weight excluding hydrogens is 402 g/mol. The molecule has 0 spiro atoms. The highest BCUT2D eigenvalue weighted by Gasteiger charge is 2.11. The van der Waals surface area contributed by atoms with Crippen molar-refractivity contribution in [2.45, 2.75) is 6.42 Å². The number of hydrazone groups is 1. The molecule has 1 aromatic heterocycles. The summed E-state index contributed by atoms with van der Waals surface area (Å²) in [4.78, 5) is 26.0. The molecule has 3 aromatic rings. The van der Waals surface area contributed by atoms with Crippen LogP contribution < -0.4 is 21.0 Å². The smallest absolute Gasteiger partial charge is 0.325 e. The van der Waals surface area contributed by atoms with Crippen molar-refractivity contribution in [2.24, 2.45) is 5.10 Å². The van der Waals surface area contributed by atoms with Gasteiger partial charge >= 0.3 is 6.03 Å². The number of hydrogen-bond donors (Lipinski definition) is 3. The van der Waals surface area contributed by atoms with E-state index in [4.69, 9.17) is 0 Å². The molecule has 0 saturated heterocycles. The maximum absolute atomic E-state index is 12.0. The number of anilines is 3.